The van der Waals surface area contributed by atoms with Crippen molar-refractivity contribution < 1.29 is 4.39 Å². The van der Waals surface area contributed by atoms with Gasteiger partial charge in [-0.15, -0.1) is 5.10 Å². The van der Waals surface area contributed by atoms with E-state index in [4.69, 9.17) is 0 Å². The van der Waals surface area contributed by atoms with E-state index in [9.17, 15) is 9.18 Å². The van der Waals surface area contributed by atoms with E-state index in [0.29, 0.717) is 34.2 Å². The second kappa shape index (κ2) is 4.75. The molecular formula is C17H15FN6O. The highest BCUT2D eigenvalue weighted by Gasteiger charge is 2.37. The molecule has 8 heteroatoms. The average molecular weight is 338 g/mol. The number of benzene rings is 1. The van der Waals surface area contributed by atoms with Gasteiger partial charge in [0.2, 0.25) is 0 Å². The van der Waals surface area contributed by atoms with Crippen LogP contribution in [0.25, 0.3) is 22.4 Å². The molecule has 7 nitrogen and oxygen atoms in total. The fourth-order valence-corrected chi connectivity index (χ4v) is 3.53. The summed E-state index contributed by atoms with van der Waals surface area (Å²) in [5.41, 5.74) is 1.94. The van der Waals surface area contributed by atoms with E-state index in [2.05, 4.69) is 22.2 Å². The van der Waals surface area contributed by atoms with Crippen molar-refractivity contribution in [2.45, 2.75) is 19.3 Å². The molecule has 25 heavy (non-hydrogen) atoms. The van der Waals surface area contributed by atoms with Gasteiger partial charge in [-0.25, -0.2) is 9.37 Å². The molecule has 0 amide bonds. The smallest absolute Gasteiger partial charge is 0.261 e. The van der Waals surface area contributed by atoms with E-state index in [0.717, 1.165) is 12.1 Å². The van der Waals surface area contributed by atoms with E-state index < -0.39 is 5.82 Å². The molecule has 1 aliphatic carbocycles. The average Bonchev–Trinajstić information content (AvgIpc) is 3.02. The number of nitrogens with zero attached hydrogens (tertiary/aromatic N) is 6. The van der Waals surface area contributed by atoms with Gasteiger partial charge in [0, 0.05) is 13.0 Å². The SMILES string of the molecule is CC1CC1c1cnnn1-c1ncn2c3ccc(F)cc3c(=O)n(C)c12. The Bertz CT molecular complexity index is 1200. The Balaban J connectivity index is 1.85. The van der Waals surface area contributed by atoms with Gasteiger partial charge in [0.25, 0.3) is 5.56 Å². The predicted octanol–water partition coefficient (Wildman–Crippen LogP) is 2.03. The highest BCUT2D eigenvalue weighted by Crippen LogP contribution is 2.47. The van der Waals surface area contributed by atoms with Gasteiger partial charge >= 0.3 is 0 Å². The minimum atomic E-state index is -0.439. The monoisotopic (exact) mass is 338 g/mol. The molecule has 0 N–H and O–H groups in total. The van der Waals surface area contributed by atoms with Gasteiger partial charge in [-0.05, 0) is 30.5 Å². The highest BCUT2D eigenvalue weighted by molar-refractivity contribution is 5.82. The Labute approximate surface area is 141 Å². The Morgan fingerprint density at radius 3 is 2.88 bits per heavy atom. The predicted molar refractivity (Wildman–Crippen MR) is 89.3 cm³/mol. The Kier molecular flexibility index (Phi) is 2.72. The molecule has 0 bridgehead atoms. The van der Waals surface area contributed by atoms with Gasteiger partial charge < -0.3 is 0 Å². The van der Waals surface area contributed by atoms with E-state index in [1.807, 2.05) is 0 Å². The highest BCUT2D eigenvalue weighted by atomic mass is 19.1. The van der Waals surface area contributed by atoms with Crippen molar-refractivity contribution in [3.8, 4) is 5.82 Å². The van der Waals surface area contributed by atoms with Crippen LogP contribution in [-0.4, -0.2) is 28.9 Å². The third kappa shape index (κ3) is 1.90. The molecule has 0 aliphatic heterocycles. The maximum atomic E-state index is 13.6. The van der Waals surface area contributed by atoms with Crippen LogP contribution in [0.5, 0.6) is 0 Å². The molecule has 2 atom stereocenters. The summed E-state index contributed by atoms with van der Waals surface area (Å²) < 4.78 is 18.5. The van der Waals surface area contributed by atoms with Crippen LogP contribution in [0.4, 0.5) is 4.39 Å². The van der Waals surface area contributed by atoms with Gasteiger partial charge in [-0.3, -0.25) is 13.8 Å². The third-order valence-corrected chi connectivity index (χ3v) is 5.06. The summed E-state index contributed by atoms with van der Waals surface area (Å²) in [6.07, 6.45) is 4.49. The molecule has 4 aromatic rings. The maximum Gasteiger partial charge on any atom is 0.261 e. The van der Waals surface area contributed by atoms with E-state index in [1.54, 1.807) is 34.7 Å². The fourth-order valence-electron chi connectivity index (χ4n) is 3.53. The van der Waals surface area contributed by atoms with Crippen molar-refractivity contribution in [3.05, 3.63) is 52.6 Å². The molecule has 2 unspecified atom stereocenters. The van der Waals surface area contributed by atoms with Gasteiger partial charge in [0.15, 0.2) is 11.5 Å². The molecule has 1 fully saturated rings. The van der Waals surface area contributed by atoms with Gasteiger partial charge in [-0.1, -0.05) is 12.1 Å². The van der Waals surface area contributed by atoms with Gasteiger partial charge in [0.1, 0.15) is 12.1 Å². The summed E-state index contributed by atoms with van der Waals surface area (Å²) in [5, 5.41) is 8.53. The number of imidazole rings is 1. The Hall–Kier alpha value is -3.03. The lowest BCUT2D eigenvalue weighted by Crippen LogP contribution is -2.21. The lowest BCUT2D eigenvalue weighted by atomic mass is 10.2. The van der Waals surface area contributed by atoms with Crippen LogP contribution in [-0.2, 0) is 7.05 Å². The second-order valence-corrected chi connectivity index (χ2v) is 6.68. The topological polar surface area (TPSA) is 70.0 Å². The van der Waals surface area contributed by atoms with Crippen molar-refractivity contribution in [2.75, 3.05) is 0 Å². The summed E-state index contributed by atoms with van der Waals surface area (Å²) in [6, 6.07) is 4.19. The Morgan fingerprint density at radius 2 is 2.12 bits per heavy atom. The van der Waals surface area contributed by atoms with Crippen LogP contribution in [0.1, 0.15) is 25.0 Å². The molecule has 1 aromatic carbocycles. The zero-order chi connectivity index (χ0) is 17.3. The summed E-state index contributed by atoms with van der Waals surface area (Å²) >= 11 is 0. The van der Waals surface area contributed by atoms with Crippen molar-refractivity contribution in [2.24, 2.45) is 13.0 Å². The van der Waals surface area contributed by atoms with E-state index >= 15 is 0 Å². The number of aromatic nitrogens is 6. The molecule has 0 radical (unpaired) electrons. The van der Waals surface area contributed by atoms with Crippen LogP contribution in [0.15, 0.2) is 35.5 Å². The molecule has 1 saturated carbocycles. The van der Waals surface area contributed by atoms with Crippen LogP contribution in [0, 0.1) is 11.7 Å². The molecule has 1 aliphatic rings. The minimum Gasteiger partial charge on any atom is -0.294 e. The van der Waals surface area contributed by atoms with Crippen molar-refractivity contribution in [1.29, 1.82) is 0 Å². The number of hydrogen-bond donors (Lipinski definition) is 0. The maximum absolute atomic E-state index is 13.6. The third-order valence-electron chi connectivity index (χ3n) is 5.06. The molecule has 0 spiro atoms. The van der Waals surface area contributed by atoms with Crippen LogP contribution < -0.4 is 5.56 Å². The number of aryl methyl sites for hydroxylation is 1. The quantitative estimate of drug-likeness (QED) is 0.561. The number of hydrogen-bond acceptors (Lipinski definition) is 4. The molecular weight excluding hydrogens is 323 g/mol. The summed E-state index contributed by atoms with van der Waals surface area (Å²) in [6.45, 7) is 2.19. The minimum absolute atomic E-state index is 0.273. The standard InChI is InChI=1S/C17H15FN6O/c1-9-5-11(9)14-7-20-21-24(14)15-16-22(2)17(25)12-6-10(18)3-4-13(12)23(16)8-19-15/h3-4,6-9,11H,5H2,1-2H3. The zero-order valence-electron chi connectivity index (χ0n) is 13.7. The van der Waals surface area contributed by atoms with Crippen LogP contribution in [0.3, 0.4) is 0 Å². The van der Waals surface area contributed by atoms with Crippen molar-refractivity contribution in [3.63, 3.8) is 0 Å². The second-order valence-electron chi connectivity index (χ2n) is 6.68. The normalized spacial score (nSPS) is 19.8. The van der Waals surface area contributed by atoms with E-state index in [-0.39, 0.29) is 5.56 Å². The van der Waals surface area contributed by atoms with Crippen LogP contribution in [0.2, 0.25) is 0 Å². The number of halogens is 1. The first-order valence-electron chi connectivity index (χ1n) is 8.12. The number of fused-ring (bicyclic) bond motifs is 3. The zero-order valence-corrected chi connectivity index (χ0v) is 13.7. The van der Waals surface area contributed by atoms with Crippen LogP contribution >= 0.6 is 0 Å². The fraction of sp³-hybridized carbons (Fsp3) is 0.294. The molecule has 3 aromatic heterocycles. The summed E-state index contributed by atoms with van der Waals surface area (Å²) in [7, 11) is 1.66. The molecule has 0 saturated heterocycles. The van der Waals surface area contributed by atoms with Crippen molar-refractivity contribution in [1.82, 2.24) is 28.9 Å². The molecule has 5 rings (SSSR count). The lowest BCUT2D eigenvalue weighted by Gasteiger charge is -2.09. The molecule has 126 valence electrons. The van der Waals surface area contributed by atoms with Crippen molar-refractivity contribution >= 4 is 16.6 Å². The summed E-state index contributed by atoms with van der Waals surface area (Å²) in [5.74, 6) is 1.13. The Morgan fingerprint density at radius 1 is 1.32 bits per heavy atom. The summed E-state index contributed by atoms with van der Waals surface area (Å²) in [4.78, 5) is 17.2. The largest absolute Gasteiger partial charge is 0.294 e. The molecule has 3 heterocycles. The lowest BCUT2D eigenvalue weighted by molar-refractivity contribution is 0.629. The van der Waals surface area contributed by atoms with E-state index in [1.165, 1.54) is 16.7 Å². The number of rotatable bonds is 2. The first-order chi connectivity index (χ1) is 12.1. The van der Waals surface area contributed by atoms with Gasteiger partial charge in [-0.2, -0.15) is 4.68 Å². The first-order valence-corrected chi connectivity index (χ1v) is 8.12. The first kappa shape index (κ1) is 14.3. The van der Waals surface area contributed by atoms with Gasteiger partial charge in [0.05, 0.1) is 22.8 Å².